The van der Waals surface area contributed by atoms with E-state index in [2.05, 4.69) is 28.2 Å². The van der Waals surface area contributed by atoms with Crippen LogP contribution in [0.3, 0.4) is 0 Å². The first-order valence-corrected chi connectivity index (χ1v) is 7.08. The topological polar surface area (TPSA) is 34.4 Å². The summed E-state index contributed by atoms with van der Waals surface area (Å²) in [6.45, 7) is 2.08. The molecule has 0 radical (unpaired) electrons. The van der Waals surface area contributed by atoms with Crippen LogP contribution in [0, 0.1) is 0 Å². The molecule has 102 valence electrons. The number of rotatable bonds is 5. The van der Waals surface area contributed by atoms with Crippen molar-refractivity contribution >= 4 is 15.9 Å². The van der Waals surface area contributed by atoms with Crippen molar-refractivity contribution in [3.05, 3.63) is 51.9 Å². The molecule has 1 aromatic heterocycles. The molecule has 0 aliphatic rings. The van der Waals surface area contributed by atoms with Crippen molar-refractivity contribution in [3.8, 4) is 5.75 Å². The minimum Gasteiger partial charge on any atom is -0.496 e. The summed E-state index contributed by atoms with van der Waals surface area (Å²) in [5, 5.41) is 3.28. The van der Waals surface area contributed by atoms with Gasteiger partial charge in [-0.05, 0) is 37.4 Å². The molecule has 0 amide bonds. The zero-order valence-electron chi connectivity index (χ0n) is 11.4. The van der Waals surface area contributed by atoms with E-state index in [4.69, 9.17) is 9.15 Å². The molecule has 1 N–H and O–H groups in total. The van der Waals surface area contributed by atoms with E-state index in [-0.39, 0.29) is 6.04 Å². The zero-order chi connectivity index (χ0) is 13.8. The minimum absolute atomic E-state index is 0.0206. The highest BCUT2D eigenvalue weighted by Crippen LogP contribution is 2.33. The molecule has 2 rings (SSSR count). The highest BCUT2D eigenvalue weighted by atomic mass is 79.9. The fourth-order valence-electron chi connectivity index (χ4n) is 2.12. The van der Waals surface area contributed by atoms with Crippen molar-refractivity contribution in [2.24, 2.45) is 0 Å². The highest BCUT2D eigenvalue weighted by molar-refractivity contribution is 9.10. The molecule has 1 unspecified atom stereocenters. The number of furan rings is 1. The fourth-order valence-corrected chi connectivity index (χ4v) is 2.50. The average molecular weight is 324 g/mol. The van der Waals surface area contributed by atoms with Crippen LogP contribution in [0.25, 0.3) is 0 Å². The molecule has 0 fully saturated rings. The lowest BCUT2D eigenvalue weighted by Gasteiger charge is -2.17. The average Bonchev–Trinajstić information content (AvgIpc) is 2.89. The molecule has 0 saturated carbocycles. The minimum atomic E-state index is -0.0206. The van der Waals surface area contributed by atoms with Crippen LogP contribution in [0.15, 0.2) is 39.2 Å². The van der Waals surface area contributed by atoms with Gasteiger partial charge in [0.2, 0.25) is 0 Å². The van der Waals surface area contributed by atoms with Crippen LogP contribution in [0.4, 0.5) is 0 Å². The fraction of sp³-hybridized carbons (Fsp3) is 0.333. The number of hydrogen-bond donors (Lipinski definition) is 1. The number of benzene rings is 1. The lowest BCUT2D eigenvalue weighted by molar-refractivity contribution is 0.392. The third kappa shape index (κ3) is 3.01. The predicted molar refractivity (Wildman–Crippen MR) is 79.7 cm³/mol. The van der Waals surface area contributed by atoms with E-state index in [9.17, 15) is 0 Å². The Bertz CT molecular complexity index is 551. The molecule has 1 aromatic carbocycles. The Morgan fingerprint density at radius 2 is 2.11 bits per heavy atom. The molecule has 4 heteroatoms. The maximum atomic E-state index is 5.85. The second kappa shape index (κ2) is 6.26. The van der Waals surface area contributed by atoms with Gasteiger partial charge in [-0.25, -0.2) is 0 Å². The van der Waals surface area contributed by atoms with Crippen LogP contribution in [-0.2, 0) is 6.42 Å². The van der Waals surface area contributed by atoms with Crippen LogP contribution in [0.1, 0.15) is 30.0 Å². The van der Waals surface area contributed by atoms with E-state index < -0.39 is 0 Å². The molecule has 2 aromatic rings. The van der Waals surface area contributed by atoms with Crippen LogP contribution < -0.4 is 10.1 Å². The third-order valence-corrected chi connectivity index (χ3v) is 3.60. The maximum absolute atomic E-state index is 5.85. The maximum Gasteiger partial charge on any atom is 0.125 e. The number of hydrogen-bond acceptors (Lipinski definition) is 3. The SMILES string of the molecule is CCc1ccc(C(NC)c2cc(Br)ccc2OC)o1. The summed E-state index contributed by atoms with van der Waals surface area (Å²) >= 11 is 3.50. The van der Waals surface area contributed by atoms with E-state index in [1.807, 2.05) is 37.4 Å². The summed E-state index contributed by atoms with van der Waals surface area (Å²) in [6, 6.07) is 9.98. The normalized spacial score (nSPS) is 12.4. The summed E-state index contributed by atoms with van der Waals surface area (Å²) in [5.41, 5.74) is 1.05. The van der Waals surface area contributed by atoms with Gasteiger partial charge in [0.1, 0.15) is 17.3 Å². The van der Waals surface area contributed by atoms with Gasteiger partial charge in [-0.3, -0.25) is 0 Å². The van der Waals surface area contributed by atoms with Crippen molar-refractivity contribution in [2.45, 2.75) is 19.4 Å². The molecule has 1 heterocycles. The van der Waals surface area contributed by atoms with Gasteiger partial charge in [-0.2, -0.15) is 0 Å². The molecule has 19 heavy (non-hydrogen) atoms. The quantitative estimate of drug-likeness (QED) is 0.905. The van der Waals surface area contributed by atoms with Gasteiger partial charge < -0.3 is 14.5 Å². The van der Waals surface area contributed by atoms with Gasteiger partial charge in [-0.15, -0.1) is 0 Å². The number of halogens is 1. The lowest BCUT2D eigenvalue weighted by atomic mass is 10.0. The van der Waals surface area contributed by atoms with Crippen molar-refractivity contribution < 1.29 is 9.15 Å². The summed E-state index contributed by atoms with van der Waals surface area (Å²) < 4.78 is 12.3. The number of ether oxygens (including phenoxy) is 1. The smallest absolute Gasteiger partial charge is 0.125 e. The highest BCUT2D eigenvalue weighted by Gasteiger charge is 2.20. The van der Waals surface area contributed by atoms with E-state index in [0.29, 0.717) is 0 Å². The predicted octanol–water partition coefficient (Wildman–Crippen LogP) is 3.92. The standard InChI is InChI=1S/C15H18BrNO2/c1-4-11-6-8-14(19-11)15(17-2)12-9-10(16)5-7-13(12)18-3/h5-9,15,17H,4H2,1-3H3. The van der Waals surface area contributed by atoms with Gasteiger partial charge in [0.15, 0.2) is 0 Å². The third-order valence-electron chi connectivity index (χ3n) is 3.11. The van der Waals surface area contributed by atoms with Gasteiger partial charge in [0, 0.05) is 16.5 Å². The largest absolute Gasteiger partial charge is 0.496 e. The number of nitrogens with one attached hydrogen (secondary N) is 1. The molecular formula is C15H18BrNO2. The summed E-state index contributed by atoms with van der Waals surface area (Å²) in [5.74, 6) is 2.73. The molecular weight excluding hydrogens is 306 g/mol. The first-order valence-electron chi connectivity index (χ1n) is 6.29. The monoisotopic (exact) mass is 323 g/mol. The van der Waals surface area contributed by atoms with Crippen LogP contribution in [-0.4, -0.2) is 14.2 Å². The Labute approximate surface area is 122 Å². The molecule has 0 saturated heterocycles. The van der Waals surface area contributed by atoms with Crippen LogP contribution >= 0.6 is 15.9 Å². The van der Waals surface area contributed by atoms with E-state index in [1.165, 1.54) is 0 Å². The van der Waals surface area contributed by atoms with Gasteiger partial charge in [0.05, 0.1) is 13.2 Å². The zero-order valence-corrected chi connectivity index (χ0v) is 13.0. The molecule has 0 bridgehead atoms. The second-order valence-electron chi connectivity index (χ2n) is 4.27. The van der Waals surface area contributed by atoms with Gasteiger partial charge in [0.25, 0.3) is 0 Å². The summed E-state index contributed by atoms with van der Waals surface area (Å²) in [6.07, 6.45) is 0.895. The van der Waals surface area contributed by atoms with Crippen molar-refractivity contribution in [3.63, 3.8) is 0 Å². The second-order valence-corrected chi connectivity index (χ2v) is 5.18. The van der Waals surface area contributed by atoms with Crippen molar-refractivity contribution in [1.82, 2.24) is 5.32 Å². The Morgan fingerprint density at radius 1 is 1.32 bits per heavy atom. The summed E-state index contributed by atoms with van der Waals surface area (Å²) in [7, 11) is 3.60. The van der Waals surface area contributed by atoms with E-state index >= 15 is 0 Å². The molecule has 3 nitrogen and oxygen atoms in total. The lowest BCUT2D eigenvalue weighted by Crippen LogP contribution is -2.17. The Hall–Kier alpha value is -1.26. The Morgan fingerprint density at radius 3 is 2.68 bits per heavy atom. The number of aryl methyl sites for hydroxylation is 1. The van der Waals surface area contributed by atoms with Crippen LogP contribution in [0.2, 0.25) is 0 Å². The van der Waals surface area contributed by atoms with Crippen molar-refractivity contribution in [1.29, 1.82) is 0 Å². The van der Waals surface area contributed by atoms with Crippen molar-refractivity contribution in [2.75, 3.05) is 14.2 Å². The molecule has 0 spiro atoms. The van der Waals surface area contributed by atoms with Crippen LogP contribution in [0.5, 0.6) is 5.75 Å². The number of methoxy groups -OCH3 is 1. The molecule has 1 atom stereocenters. The first kappa shape index (κ1) is 14.2. The Kier molecular flexibility index (Phi) is 4.66. The Balaban J connectivity index is 2.43. The first-order chi connectivity index (χ1) is 9.19. The van der Waals surface area contributed by atoms with Gasteiger partial charge >= 0.3 is 0 Å². The summed E-state index contributed by atoms with van der Waals surface area (Å²) in [4.78, 5) is 0. The molecule has 0 aliphatic carbocycles. The van der Waals surface area contributed by atoms with Gasteiger partial charge in [-0.1, -0.05) is 22.9 Å². The van der Waals surface area contributed by atoms with E-state index in [1.54, 1.807) is 7.11 Å². The van der Waals surface area contributed by atoms with E-state index in [0.717, 1.165) is 33.7 Å². The molecule has 0 aliphatic heterocycles.